The smallest absolute Gasteiger partial charge is 0.343 e. The first-order chi connectivity index (χ1) is 14.1. The number of unbranched alkanes of at least 4 members (excludes halogenated alkanes) is 6. The fourth-order valence-electron chi connectivity index (χ4n) is 2.91. The maximum Gasteiger partial charge on any atom is 0.343 e. The van der Waals surface area contributed by atoms with Gasteiger partial charge in [0, 0.05) is 0 Å². The zero-order valence-electron chi connectivity index (χ0n) is 16.6. The number of hydrogen-bond acceptors (Lipinski definition) is 4. The molecule has 0 unspecified atom stereocenters. The lowest BCUT2D eigenvalue weighted by Crippen LogP contribution is -2.13. The van der Waals surface area contributed by atoms with Crippen LogP contribution in [-0.4, -0.2) is 23.7 Å². The van der Waals surface area contributed by atoms with Crippen LogP contribution >= 0.6 is 0 Å². The standard InChI is InChI=1S/C24H28O5/c1-2-3-4-5-6-7-8-12-18-28-21-17-13-16-20(23(25)26)22(21)29-24(27)19-14-10-9-11-15-19/h2,9-11,13-17H,1,3-8,12,18H2,(H,25,26). The van der Waals surface area contributed by atoms with Gasteiger partial charge in [0.1, 0.15) is 5.56 Å². The number of carboxylic acid groups (broad SMARTS) is 1. The van der Waals surface area contributed by atoms with Gasteiger partial charge < -0.3 is 14.6 Å². The highest BCUT2D eigenvalue weighted by Crippen LogP contribution is 2.32. The number of hydrogen-bond donors (Lipinski definition) is 1. The number of ether oxygens (including phenoxy) is 2. The number of esters is 1. The number of aromatic carboxylic acids is 1. The molecule has 1 N–H and O–H groups in total. The molecule has 0 atom stereocenters. The molecule has 0 fully saturated rings. The summed E-state index contributed by atoms with van der Waals surface area (Å²) in [5.41, 5.74) is 0.240. The molecular formula is C24H28O5. The van der Waals surface area contributed by atoms with E-state index in [0.29, 0.717) is 12.2 Å². The van der Waals surface area contributed by atoms with Crippen molar-refractivity contribution in [1.29, 1.82) is 0 Å². The maximum absolute atomic E-state index is 12.4. The molecule has 0 aliphatic carbocycles. The van der Waals surface area contributed by atoms with E-state index in [4.69, 9.17) is 9.47 Å². The summed E-state index contributed by atoms with van der Waals surface area (Å²) in [7, 11) is 0. The molecule has 0 amide bonds. The van der Waals surface area contributed by atoms with Gasteiger partial charge in [-0.25, -0.2) is 9.59 Å². The average molecular weight is 396 g/mol. The molecule has 5 heteroatoms. The molecule has 0 aliphatic heterocycles. The zero-order valence-corrected chi connectivity index (χ0v) is 16.6. The van der Waals surface area contributed by atoms with Crippen LogP contribution in [0.5, 0.6) is 11.5 Å². The van der Waals surface area contributed by atoms with E-state index in [1.807, 2.05) is 6.08 Å². The molecule has 29 heavy (non-hydrogen) atoms. The number of carboxylic acids is 1. The van der Waals surface area contributed by atoms with E-state index in [2.05, 4.69) is 6.58 Å². The van der Waals surface area contributed by atoms with E-state index in [9.17, 15) is 14.7 Å². The van der Waals surface area contributed by atoms with Gasteiger partial charge in [-0.3, -0.25) is 0 Å². The number of allylic oxidation sites excluding steroid dienone is 1. The number of carbonyl (C=O) groups is 2. The Labute approximate surface area is 172 Å². The molecule has 154 valence electrons. The summed E-state index contributed by atoms with van der Waals surface area (Å²) in [6.07, 6.45) is 9.59. The van der Waals surface area contributed by atoms with Gasteiger partial charge in [0.15, 0.2) is 11.5 Å². The van der Waals surface area contributed by atoms with Crippen LogP contribution < -0.4 is 9.47 Å². The van der Waals surface area contributed by atoms with Gasteiger partial charge in [-0.2, -0.15) is 0 Å². The Kier molecular flexibility index (Phi) is 9.49. The fraction of sp³-hybridized carbons (Fsp3) is 0.333. The van der Waals surface area contributed by atoms with Crippen molar-refractivity contribution in [3.63, 3.8) is 0 Å². The quantitative estimate of drug-likeness (QED) is 0.197. The van der Waals surface area contributed by atoms with E-state index in [-0.39, 0.29) is 17.1 Å². The van der Waals surface area contributed by atoms with Crippen molar-refractivity contribution < 1.29 is 24.2 Å². The lowest BCUT2D eigenvalue weighted by molar-refractivity contribution is 0.0677. The Bertz CT molecular complexity index is 798. The summed E-state index contributed by atoms with van der Waals surface area (Å²) in [6.45, 7) is 4.16. The average Bonchev–Trinajstić information content (AvgIpc) is 2.73. The molecular weight excluding hydrogens is 368 g/mol. The molecule has 0 bridgehead atoms. The lowest BCUT2D eigenvalue weighted by atomic mass is 10.1. The molecule has 2 aromatic rings. The first kappa shape index (κ1) is 22.2. The SMILES string of the molecule is C=CCCCCCCCCOc1cccc(C(=O)O)c1OC(=O)c1ccccc1. The third-order valence-corrected chi connectivity index (χ3v) is 4.47. The van der Waals surface area contributed by atoms with Crippen molar-refractivity contribution in [1.82, 2.24) is 0 Å². The summed E-state index contributed by atoms with van der Waals surface area (Å²) < 4.78 is 11.2. The number of rotatable bonds is 13. The Hall–Kier alpha value is -3.08. The van der Waals surface area contributed by atoms with Crippen LogP contribution in [-0.2, 0) is 0 Å². The van der Waals surface area contributed by atoms with E-state index >= 15 is 0 Å². The maximum atomic E-state index is 12.4. The Morgan fingerprint density at radius 2 is 1.59 bits per heavy atom. The van der Waals surface area contributed by atoms with Crippen molar-refractivity contribution in [3.05, 3.63) is 72.3 Å². The summed E-state index contributed by atoms with van der Waals surface area (Å²) >= 11 is 0. The molecule has 5 nitrogen and oxygen atoms in total. The van der Waals surface area contributed by atoms with Crippen molar-refractivity contribution in [2.45, 2.75) is 44.9 Å². The van der Waals surface area contributed by atoms with Crippen molar-refractivity contribution in [3.8, 4) is 11.5 Å². The second-order valence-electron chi connectivity index (χ2n) is 6.74. The second kappa shape index (κ2) is 12.4. The van der Waals surface area contributed by atoms with Crippen LogP contribution in [0, 0.1) is 0 Å². The minimum absolute atomic E-state index is 0.0571. The summed E-state index contributed by atoms with van der Waals surface area (Å²) in [4.78, 5) is 23.9. The van der Waals surface area contributed by atoms with E-state index in [1.165, 1.54) is 25.3 Å². The largest absolute Gasteiger partial charge is 0.490 e. The third kappa shape index (κ3) is 7.45. The van der Waals surface area contributed by atoms with Gasteiger partial charge in [-0.1, -0.05) is 56.0 Å². The number of carbonyl (C=O) groups excluding carboxylic acids is 1. The second-order valence-corrected chi connectivity index (χ2v) is 6.74. The first-order valence-electron chi connectivity index (χ1n) is 10.0. The molecule has 2 rings (SSSR count). The highest BCUT2D eigenvalue weighted by molar-refractivity contribution is 5.96. The summed E-state index contributed by atoms with van der Waals surface area (Å²) in [5.74, 6) is -1.59. The van der Waals surface area contributed by atoms with Crippen LogP contribution in [0.3, 0.4) is 0 Å². The summed E-state index contributed by atoms with van der Waals surface area (Å²) in [6, 6.07) is 13.0. The van der Waals surface area contributed by atoms with E-state index in [0.717, 1.165) is 25.7 Å². The van der Waals surface area contributed by atoms with Gasteiger partial charge in [-0.05, 0) is 43.5 Å². The monoisotopic (exact) mass is 396 g/mol. The third-order valence-electron chi connectivity index (χ3n) is 4.47. The molecule has 0 aliphatic rings. The van der Waals surface area contributed by atoms with E-state index < -0.39 is 11.9 Å². The topological polar surface area (TPSA) is 72.8 Å². The fourth-order valence-corrected chi connectivity index (χ4v) is 2.91. The van der Waals surface area contributed by atoms with Gasteiger partial charge >= 0.3 is 11.9 Å². The van der Waals surface area contributed by atoms with Crippen LogP contribution in [0.25, 0.3) is 0 Å². The normalized spacial score (nSPS) is 10.3. The van der Waals surface area contributed by atoms with Crippen LogP contribution in [0.1, 0.15) is 65.7 Å². The lowest BCUT2D eigenvalue weighted by Gasteiger charge is -2.14. The van der Waals surface area contributed by atoms with Crippen molar-refractivity contribution >= 4 is 11.9 Å². The molecule has 0 radical (unpaired) electrons. The van der Waals surface area contributed by atoms with E-state index in [1.54, 1.807) is 42.5 Å². The van der Waals surface area contributed by atoms with Crippen LogP contribution in [0.15, 0.2) is 61.2 Å². The number of para-hydroxylation sites is 1. The molecule has 0 heterocycles. The number of benzene rings is 2. The van der Waals surface area contributed by atoms with Crippen molar-refractivity contribution in [2.75, 3.05) is 6.61 Å². The van der Waals surface area contributed by atoms with Gasteiger partial charge in [-0.15, -0.1) is 6.58 Å². The van der Waals surface area contributed by atoms with Gasteiger partial charge in [0.2, 0.25) is 0 Å². The molecule has 0 spiro atoms. The highest BCUT2D eigenvalue weighted by atomic mass is 16.6. The molecule has 0 aromatic heterocycles. The van der Waals surface area contributed by atoms with Gasteiger partial charge in [0.05, 0.1) is 12.2 Å². The van der Waals surface area contributed by atoms with Crippen molar-refractivity contribution in [2.24, 2.45) is 0 Å². The highest BCUT2D eigenvalue weighted by Gasteiger charge is 2.20. The minimum Gasteiger partial charge on any atom is -0.490 e. The summed E-state index contributed by atoms with van der Waals surface area (Å²) in [5, 5.41) is 9.45. The minimum atomic E-state index is -1.18. The molecule has 2 aromatic carbocycles. The van der Waals surface area contributed by atoms with Crippen LogP contribution in [0.4, 0.5) is 0 Å². The Balaban J connectivity index is 1.93. The zero-order chi connectivity index (χ0) is 20.9. The van der Waals surface area contributed by atoms with Gasteiger partial charge in [0.25, 0.3) is 0 Å². The Morgan fingerprint density at radius 3 is 2.28 bits per heavy atom. The molecule has 0 saturated heterocycles. The Morgan fingerprint density at radius 1 is 0.897 bits per heavy atom. The predicted octanol–water partition coefficient (Wildman–Crippen LogP) is 5.90. The predicted molar refractivity (Wildman–Crippen MR) is 113 cm³/mol. The first-order valence-corrected chi connectivity index (χ1v) is 10.0. The van der Waals surface area contributed by atoms with Crippen LogP contribution in [0.2, 0.25) is 0 Å². The molecule has 0 saturated carbocycles.